The number of halogens is 3. The second-order valence-corrected chi connectivity index (χ2v) is 6.71. The monoisotopic (exact) mass is 409 g/mol. The second kappa shape index (κ2) is 6.55. The molecule has 4 rings (SSSR count). The van der Waals surface area contributed by atoms with Crippen molar-refractivity contribution in [3.63, 3.8) is 0 Å². The Bertz CT molecular complexity index is 1120. The van der Waals surface area contributed by atoms with E-state index in [1.807, 2.05) is 0 Å². The van der Waals surface area contributed by atoms with Gasteiger partial charge in [-0.15, -0.1) is 0 Å². The smallest absolute Gasteiger partial charge is 0.190 e. The number of para-hydroxylation sites is 1. The first kappa shape index (κ1) is 17.3. The first-order valence-electron chi connectivity index (χ1n) is 7.35. The van der Waals surface area contributed by atoms with Crippen molar-refractivity contribution in [3.8, 4) is 0 Å². The molecule has 1 unspecified atom stereocenters. The van der Waals surface area contributed by atoms with Gasteiger partial charge in [-0.2, -0.15) is 5.23 Å². The number of anilines is 2. The van der Waals surface area contributed by atoms with E-state index in [4.69, 9.17) is 34.8 Å². The SMILES string of the molecule is [O-][NH+](O)c1cccc2nc(Nc3c(Cl)cc(Cl)cc3Cl)c3cncn3c12. The summed E-state index contributed by atoms with van der Waals surface area (Å²) in [5.41, 5.74) is 2.09. The fraction of sp³-hybridized carbons (Fsp3) is 0. The molecular formula is C16H10Cl3N5O2. The molecule has 2 aromatic carbocycles. The molecule has 0 amide bonds. The summed E-state index contributed by atoms with van der Waals surface area (Å²) in [5, 5.41) is 24.1. The van der Waals surface area contributed by atoms with Crippen LogP contribution in [-0.2, 0) is 0 Å². The number of hydrogen-bond donors (Lipinski definition) is 3. The number of nitrogens with one attached hydrogen (secondary N) is 2. The van der Waals surface area contributed by atoms with Crippen LogP contribution >= 0.6 is 34.8 Å². The molecule has 0 saturated heterocycles. The molecule has 10 heteroatoms. The Hall–Kier alpha value is -2.13. The average molecular weight is 411 g/mol. The van der Waals surface area contributed by atoms with Crippen LogP contribution in [-0.4, -0.2) is 19.6 Å². The summed E-state index contributed by atoms with van der Waals surface area (Å²) < 4.78 is 1.66. The highest BCUT2D eigenvalue weighted by Crippen LogP contribution is 2.37. The second-order valence-electron chi connectivity index (χ2n) is 5.46. The van der Waals surface area contributed by atoms with Crippen LogP contribution in [0.15, 0.2) is 42.9 Å². The van der Waals surface area contributed by atoms with E-state index in [-0.39, 0.29) is 5.69 Å². The Labute approximate surface area is 161 Å². The lowest BCUT2D eigenvalue weighted by atomic mass is 10.2. The maximum absolute atomic E-state index is 11.6. The van der Waals surface area contributed by atoms with E-state index in [1.165, 1.54) is 12.4 Å². The zero-order valence-corrected chi connectivity index (χ0v) is 15.1. The quantitative estimate of drug-likeness (QED) is 0.444. The molecule has 7 nitrogen and oxygen atoms in total. The number of fused-ring (bicyclic) bond motifs is 3. The molecule has 0 aliphatic rings. The molecule has 4 aromatic rings. The summed E-state index contributed by atoms with van der Waals surface area (Å²) in [5.74, 6) is 0.434. The van der Waals surface area contributed by atoms with Gasteiger partial charge in [0, 0.05) is 11.1 Å². The van der Waals surface area contributed by atoms with Crippen molar-refractivity contribution in [1.29, 1.82) is 0 Å². The van der Waals surface area contributed by atoms with Gasteiger partial charge in [-0.05, 0) is 18.2 Å². The molecule has 3 N–H and O–H groups in total. The van der Waals surface area contributed by atoms with Crippen LogP contribution in [0.4, 0.5) is 17.2 Å². The summed E-state index contributed by atoms with van der Waals surface area (Å²) in [6, 6.07) is 8.00. The van der Waals surface area contributed by atoms with Crippen LogP contribution in [0.3, 0.4) is 0 Å². The molecule has 26 heavy (non-hydrogen) atoms. The molecule has 0 radical (unpaired) electrons. The molecule has 2 aromatic heterocycles. The van der Waals surface area contributed by atoms with Crippen LogP contribution in [0.2, 0.25) is 15.1 Å². The maximum atomic E-state index is 11.6. The molecule has 132 valence electrons. The predicted octanol–water partition coefficient (Wildman–Crippen LogP) is 3.99. The summed E-state index contributed by atoms with van der Waals surface area (Å²) in [6.45, 7) is 0. The van der Waals surface area contributed by atoms with E-state index in [0.717, 1.165) is 0 Å². The van der Waals surface area contributed by atoms with Gasteiger partial charge in [0.25, 0.3) is 0 Å². The molecule has 1 atom stereocenters. The number of nitrogens with zero attached hydrogens (tertiary/aromatic N) is 3. The van der Waals surface area contributed by atoms with Gasteiger partial charge in [0.1, 0.15) is 17.4 Å². The summed E-state index contributed by atoms with van der Waals surface area (Å²) >= 11 is 18.4. The van der Waals surface area contributed by atoms with Gasteiger partial charge in [0.15, 0.2) is 11.5 Å². The summed E-state index contributed by atoms with van der Waals surface area (Å²) in [4.78, 5) is 8.65. The molecular weight excluding hydrogens is 401 g/mol. The Morgan fingerprint density at radius 1 is 1.15 bits per heavy atom. The van der Waals surface area contributed by atoms with Crippen molar-refractivity contribution >= 4 is 68.5 Å². The highest BCUT2D eigenvalue weighted by atomic mass is 35.5. The highest BCUT2D eigenvalue weighted by Gasteiger charge is 2.17. The minimum atomic E-state index is -1.04. The third kappa shape index (κ3) is 2.84. The van der Waals surface area contributed by atoms with E-state index in [2.05, 4.69) is 15.3 Å². The predicted molar refractivity (Wildman–Crippen MR) is 101 cm³/mol. The zero-order chi connectivity index (χ0) is 18.4. The van der Waals surface area contributed by atoms with Crippen molar-refractivity contribution in [2.75, 3.05) is 5.32 Å². The van der Waals surface area contributed by atoms with Crippen molar-refractivity contribution < 1.29 is 10.4 Å². The number of benzene rings is 2. The third-order valence-electron chi connectivity index (χ3n) is 3.85. The van der Waals surface area contributed by atoms with E-state index in [1.54, 1.807) is 34.9 Å². The van der Waals surface area contributed by atoms with Crippen LogP contribution in [0.5, 0.6) is 0 Å². The lowest BCUT2D eigenvalue weighted by Crippen LogP contribution is -2.99. The molecule has 0 saturated carbocycles. The van der Waals surface area contributed by atoms with Crippen LogP contribution in [0, 0.1) is 5.21 Å². The maximum Gasteiger partial charge on any atom is 0.190 e. The molecule has 2 heterocycles. The Morgan fingerprint density at radius 2 is 1.88 bits per heavy atom. The van der Waals surface area contributed by atoms with Crippen molar-refractivity contribution in [2.24, 2.45) is 0 Å². The van der Waals surface area contributed by atoms with Crippen LogP contribution in [0.1, 0.15) is 0 Å². The fourth-order valence-electron chi connectivity index (χ4n) is 2.75. The zero-order valence-electron chi connectivity index (χ0n) is 12.9. The van der Waals surface area contributed by atoms with E-state index in [0.29, 0.717) is 43.1 Å². The highest BCUT2D eigenvalue weighted by molar-refractivity contribution is 6.41. The number of hydrogen-bond acceptors (Lipinski definition) is 5. The number of aromatic nitrogens is 3. The number of rotatable bonds is 3. The van der Waals surface area contributed by atoms with E-state index >= 15 is 0 Å². The summed E-state index contributed by atoms with van der Waals surface area (Å²) in [6.07, 6.45) is 3.10. The first-order chi connectivity index (χ1) is 12.5. The van der Waals surface area contributed by atoms with Crippen molar-refractivity contribution in [3.05, 3.63) is 63.1 Å². The molecule has 0 bridgehead atoms. The van der Waals surface area contributed by atoms with Gasteiger partial charge < -0.3 is 10.5 Å². The molecule has 0 spiro atoms. The molecule has 0 aliphatic carbocycles. The minimum absolute atomic E-state index is 0.132. The molecule has 0 aliphatic heterocycles. The van der Waals surface area contributed by atoms with Gasteiger partial charge in [-0.25, -0.2) is 15.2 Å². The molecule has 0 fully saturated rings. The normalized spacial score (nSPS) is 12.7. The van der Waals surface area contributed by atoms with Crippen LogP contribution in [0.25, 0.3) is 16.6 Å². The van der Waals surface area contributed by atoms with Gasteiger partial charge in [-0.1, -0.05) is 40.9 Å². The Balaban J connectivity index is 1.96. The van der Waals surface area contributed by atoms with E-state index < -0.39 is 5.23 Å². The van der Waals surface area contributed by atoms with Gasteiger partial charge in [0.05, 0.1) is 27.4 Å². The largest absolute Gasteiger partial charge is 0.595 e. The van der Waals surface area contributed by atoms with Gasteiger partial charge >= 0.3 is 0 Å². The lowest BCUT2D eigenvalue weighted by Gasteiger charge is -2.16. The number of quaternary nitrogens is 1. The van der Waals surface area contributed by atoms with E-state index in [9.17, 15) is 10.4 Å². The first-order valence-corrected chi connectivity index (χ1v) is 8.48. The third-order valence-corrected chi connectivity index (χ3v) is 4.66. The number of imidazole rings is 1. The Morgan fingerprint density at radius 3 is 2.58 bits per heavy atom. The Kier molecular flexibility index (Phi) is 4.36. The minimum Gasteiger partial charge on any atom is -0.595 e. The lowest BCUT2D eigenvalue weighted by molar-refractivity contribution is -0.990. The van der Waals surface area contributed by atoms with Crippen LogP contribution < -0.4 is 10.5 Å². The van der Waals surface area contributed by atoms with Crippen molar-refractivity contribution in [1.82, 2.24) is 14.4 Å². The van der Waals surface area contributed by atoms with Crippen molar-refractivity contribution in [2.45, 2.75) is 0 Å². The average Bonchev–Trinajstić information content (AvgIpc) is 3.07. The topological polar surface area (TPSA) is 90.0 Å². The summed E-state index contributed by atoms with van der Waals surface area (Å²) in [7, 11) is 0. The standard InChI is InChI=1S/C16H10Cl3N5O2/c17-8-4-9(18)14(10(19)5-8)22-16-13-6-20-7-23(13)15-11(21-16)2-1-3-12(15)24(25)26/h1-7,24-25H,(H,21,22). The van der Waals surface area contributed by atoms with Gasteiger partial charge in [-0.3, -0.25) is 4.40 Å². The van der Waals surface area contributed by atoms with Gasteiger partial charge in [0.2, 0.25) is 0 Å². The fourth-order valence-corrected chi connectivity index (χ4v) is 3.66.